The van der Waals surface area contributed by atoms with Crippen LogP contribution < -0.4 is 0 Å². The molecule has 9 heavy (non-hydrogen) atoms. The van der Waals surface area contributed by atoms with Gasteiger partial charge in [-0.3, -0.25) is 0 Å². The Kier molecular flexibility index (Phi) is 2.13. The van der Waals surface area contributed by atoms with Crippen molar-refractivity contribution in [1.82, 2.24) is 0 Å². The van der Waals surface area contributed by atoms with E-state index >= 15 is 0 Å². The van der Waals surface area contributed by atoms with Crippen LogP contribution in [0.4, 0.5) is 0 Å². The van der Waals surface area contributed by atoms with Crippen LogP contribution in [-0.2, 0) is 0 Å². The second-order valence-corrected chi connectivity index (χ2v) is 2.39. The summed E-state index contributed by atoms with van der Waals surface area (Å²) in [6.07, 6.45) is 1.50. The molecule has 0 radical (unpaired) electrons. The highest BCUT2D eigenvalue weighted by molar-refractivity contribution is 14.1. The molecule has 0 N–H and O–H groups in total. The van der Waals surface area contributed by atoms with Gasteiger partial charge in [0, 0.05) is 28.5 Å². The fourth-order valence-corrected chi connectivity index (χ4v) is 0.880. The number of aliphatic imine (C=N–C) groups is 3. The van der Waals surface area contributed by atoms with Gasteiger partial charge in [-0.25, -0.2) is 9.98 Å². The van der Waals surface area contributed by atoms with Crippen molar-refractivity contribution in [3.05, 3.63) is 6.20 Å². The lowest BCUT2D eigenvalue weighted by Crippen LogP contribution is -1.86. The molecule has 0 saturated carbocycles. The molecule has 1 heterocycles. The molecule has 0 aromatic carbocycles. The van der Waals surface area contributed by atoms with Crippen LogP contribution in [0.1, 0.15) is 6.92 Å². The molecule has 0 fully saturated rings. The van der Waals surface area contributed by atoms with E-state index in [-0.39, 0.29) is 0 Å². The molecular weight excluding hydrogens is 229 g/mol. The third-order valence-electron chi connectivity index (χ3n) is 0.709. The molecule has 0 amide bonds. The normalized spacial score (nSPS) is 16.7. The lowest BCUT2D eigenvalue weighted by atomic mass is 10.7. The summed E-state index contributed by atoms with van der Waals surface area (Å²) in [5, 5.41) is 0. The first-order valence-corrected chi connectivity index (χ1v) is 3.43. The van der Waals surface area contributed by atoms with Gasteiger partial charge in [-0.15, -0.1) is 0 Å². The molecule has 4 heteroatoms. The van der Waals surface area contributed by atoms with Crippen molar-refractivity contribution < 1.29 is 0 Å². The first-order chi connectivity index (χ1) is 4.29. The summed E-state index contributed by atoms with van der Waals surface area (Å²) >= 11 is 2.03. The molecule has 0 bridgehead atoms. The maximum absolute atomic E-state index is 3.97. The molecule has 1 aliphatic heterocycles. The Hall–Kier alpha value is -0.480. The van der Waals surface area contributed by atoms with E-state index < -0.39 is 0 Å². The van der Waals surface area contributed by atoms with Crippen molar-refractivity contribution in [3.63, 3.8) is 0 Å². The maximum atomic E-state index is 3.97. The van der Waals surface area contributed by atoms with Crippen LogP contribution in [0.15, 0.2) is 21.2 Å². The van der Waals surface area contributed by atoms with E-state index in [1.54, 1.807) is 6.92 Å². The van der Waals surface area contributed by atoms with E-state index in [9.17, 15) is 0 Å². The van der Waals surface area contributed by atoms with Crippen molar-refractivity contribution in [2.45, 2.75) is 6.92 Å². The standard InChI is InChI=1S/C5H4IN3/c1-4-7-2-3-8-5(6)9-4/h3H,1H3. The maximum Gasteiger partial charge on any atom is 0.193 e. The lowest BCUT2D eigenvalue weighted by molar-refractivity contribution is 1.55. The van der Waals surface area contributed by atoms with Crippen molar-refractivity contribution in [3.8, 4) is 0 Å². The second-order valence-electron chi connectivity index (χ2n) is 1.43. The summed E-state index contributed by atoms with van der Waals surface area (Å²) in [6.45, 7) is 1.81. The van der Waals surface area contributed by atoms with E-state index in [4.69, 9.17) is 0 Å². The van der Waals surface area contributed by atoms with Gasteiger partial charge in [0.2, 0.25) is 0 Å². The predicted octanol–water partition coefficient (Wildman–Crippen LogP) is 1.39. The molecule has 0 atom stereocenters. The number of amidine groups is 2. The summed E-state index contributed by atoms with van der Waals surface area (Å²) in [5.74, 6) is 3.30. The highest BCUT2D eigenvalue weighted by Crippen LogP contribution is 1.96. The molecule has 0 spiro atoms. The van der Waals surface area contributed by atoms with Gasteiger partial charge in [-0.1, -0.05) is 0 Å². The molecule has 0 unspecified atom stereocenters. The van der Waals surface area contributed by atoms with Gasteiger partial charge in [0.25, 0.3) is 0 Å². The van der Waals surface area contributed by atoms with E-state index in [2.05, 4.69) is 20.8 Å². The van der Waals surface area contributed by atoms with Gasteiger partial charge in [0.1, 0.15) is 5.84 Å². The zero-order valence-electron chi connectivity index (χ0n) is 4.80. The van der Waals surface area contributed by atoms with Crippen LogP contribution in [0.5, 0.6) is 0 Å². The smallest absolute Gasteiger partial charge is 0.193 e. The van der Waals surface area contributed by atoms with Crippen LogP contribution in [-0.4, -0.2) is 15.5 Å². The van der Waals surface area contributed by atoms with Gasteiger partial charge < -0.3 is 0 Å². The average Bonchev–Trinajstić information content (AvgIpc) is 1.93. The van der Waals surface area contributed by atoms with Crippen molar-refractivity contribution in [1.29, 1.82) is 0 Å². The number of halogens is 1. The fraction of sp³-hybridized carbons (Fsp3) is 0.200. The first kappa shape index (κ1) is 6.64. The summed E-state index contributed by atoms with van der Waals surface area (Å²) in [7, 11) is 0. The van der Waals surface area contributed by atoms with Crippen molar-refractivity contribution in [2.75, 3.05) is 0 Å². The third kappa shape index (κ3) is 2.07. The molecule has 0 aromatic rings. The Bertz CT molecular complexity index is 233. The Balaban J connectivity index is 3.00. The molecule has 46 valence electrons. The first-order valence-electron chi connectivity index (χ1n) is 2.35. The monoisotopic (exact) mass is 233 g/mol. The second kappa shape index (κ2) is 2.89. The fourth-order valence-electron chi connectivity index (χ4n) is 0.392. The van der Waals surface area contributed by atoms with Gasteiger partial charge in [0.05, 0.1) is 6.20 Å². The molecule has 0 aliphatic carbocycles. The number of rotatable bonds is 0. The summed E-state index contributed by atoms with van der Waals surface area (Å²) in [5.41, 5.74) is 0. The van der Waals surface area contributed by atoms with Gasteiger partial charge in [-0.05, 0) is 6.92 Å². The molecular formula is C5H4IN3. The summed E-state index contributed by atoms with van der Waals surface area (Å²) < 4.78 is 0.693. The Morgan fingerprint density at radius 1 is 1.67 bits per heavy atom. The van der Waals surface area contributed by atoms with E-state index in [1.165, 1.54) is 6.20 Å². The largest absolute Gasteiger partial charge is 0.221 e. The van der Waals surface area contributed by atoms with Gasteiger partial charge in [0.15, 0.2) is 3.84 Å². The third-order valence-corrected chi connectivity index (χ3v) is 1.23. The van der Waals surface area contributed by atoms with E-state index in [0.717, 1.165) is 0 Å². The topological polar surface area (TPSA) is 37.1 Å². The summed E-state index contributed by atoms with van der Waals surface area (Å²) in [4.78, 5) is 11.6. The Labute approximate surface area is 66.5 Å². The Morgan fingerprint density at radius 2 is 2.44 bits per heavy atom. The van der Waals surface area contributed by atoms with Crippen molar-refractivity contribution in [2.24, 2.45) is 15.0 Å². The molecule has 0 saturated heterocycles. The van der Waals surface area contributed by atoms with E-state index in [1.807, 2.05) is 22.6 Å². The molecule has 3 nitrogen and oxygen atoms in total. The van der Waals surface area contributed by atoms with Crippen LogP contribution in [0.25, 0.3) is 0 Å². The molecule has 1 rings (SSSR count). The van der Waals surface area contributed by atoms with Crippen molar-refractivity contribution >= 4 is 38.1 Å². The predicted molar refractivity (Wildman–Crippen MR) is 46.6 cm³/mol. The number of hydrogen-bond acceptors (Lipinski definition) is 3. The van der Waals surface area contributed by atoms with E-state index in [0.29, 0.717) is 9.68 Å². The Morgan fingerprint density at radius 3 is 3.22 bits per heavy atom. The van der Waals surface area contributed by atoms with Crippen LogP contribution >= 0.6 is 22.6 Å². The zero-order valence-corrected chi connectivity index (χ0v) is 6.95. The van der Waals surface area contributed by atoms with Crippen LogP contribution in [0.2, 0.25) is 0 Å². The molecule has 1 aliphatic rings. The van der Waals surface area contributed by atoms with Crippen LogP contribution in [0.3, 0.4) is 0 Å². The zero-order chi connectivity index (χ0) is 6.69. The van der Waals surface area contributed by atoms with Gasteiger partial charge in [-0.2, -0.15) is 4.99 Å². The minimum atomic E-state index is 0.692. The SMILES string of the molecule is CC1=NC(I)=NC=C=N1. The highest BCUT2D eigenvalue weighted by Gasteiger charge is 1.90. The summed E-state index contributed by atoms with van der Waals surface area (Å²) in [6, 6.07) is 0. The molecule has 0 aromatic heterocycles. The lowest BCUT2D eigenvalue weighted by Gasteiger charge is -1.83. The highest BCUT2D eigenvalue weighted by atomic mass is 127. The average molecular weight is 233 g/mol. The quantitative estimate of drug-likeness (QED) is 0.448. The number of hydrogen-bond donors (Lipinski definition) is 0. The minimum Gasteiger partial charge on any atom is -0.221 e. The number of nitrogens with zero attached hydrogens (tertiary/aromatic N) is 3. The van der Waals surface area contributed by atoms with Crippen LogP contribution in [0, 0.1) is 0 Å². The minimum absolute atomic E-state index is 0.692. The van der Waals surface area contributed by atoms with Gasteiger partial charge >= 0.3 is 0 Å².